The maximum absolute atomic E-state index is 12.6. The molecule has 2 fully saturated rings. The first-order chi connectivity index (χ1) is 13.2. The minimum atomic E-state index is -0.147. The molecule has 148 valence electrons. The van der Waals surface area contributed by atoms with Crippen molar-refractivity contribution in [2.24, 2.45) is 5.92 Å². The van der Waals surface area contributed by atoms with Crippen molar-refractivity contribution in [3.05, 3.63) is 35.9 Å². The molecule has 6 nitrogen and oxygen atoms in total. The third-order valence-electron chi connectivity index (χ3n) is 5.74. The molecule has 0 spiro atoms. The number of benzene rings is 1. The van der Waals surface area contributed by atoms with Crippen LogP contribution in [0.5, 0.6) is 0 Å². The van der Waals surface area contributed by atoms with Crippen molar-refractivity contribution in [1.82, 2.24) is 15.5 Å². The van der Waals surface area contributed by atoms with Crippen LogP contribution in [-0.4, -0.2) is 62.1 Å². The molecule has 3 atom stereocenters. The Morgan fingerprint density at radius 3 is 2.59 bits per heavy atom. The third kappa shape index (κ3) is 5.53. The fourth-order valence-electron chi connectivity index (χ4n) is 4.14. The maximum Gasteiger partial charge on any atom is 0.251 e. The van der Waals surface area contributed by atoms with Gasteiger partial charge in [-0.25, -0.2) is 0 Å². The van der Waals surface area contributed by atoms with Crippen molar-refractivity contribution >= 4 is 11.8 Å². The minimum Gasteiger partial charge on any atom is -0.379 e. The topological polar surface area (TPSA) is 70.7 Å². The van der Waals surface area contributed by atoms with Gasteiger partial charge in [-0.05, 0) is 57.3 Å². The second kappa shape index (κ2) is 9.85. The Bertz CT molecular complexity index is 616. The molecule has 2 amide bonds. The van der Waals surface area contributed by atoms with Crippen molar-refractivity contribution in [2.45, 2.75) is 44.2 Å². The minimum absolute atomic E-state index is 0.0497. The molecule has 1 heterocycles. The zero-order valence-electron chi connectivity index (χ0n) is 16.2. The standard InChI is InChI=1S/C21H31N3O3/c1-27-19-10-9-17(20(25)22-11-14-24-12-5-6-13-24)15-18(19)23-21(26)16-7-3-2-4-8-16/h2-4,7-8,17-19H,5-6,9-15H2,1H3,(H,22,25)(H,23,26)/t17-,18+,19+/m0/s1. The molecule has 2 aliphatic rings. The van der Waals surface area contributed by atoms with Crippen molar-refractivity contribution < 1.29 is 14.3 Å². The van der Waals surface area contributed by atoms with Gasteiger partial charge in [-0.2, -0.15) is 0 Å². The van der Waals surface area contributed by atoms with Crippen LogP contribution in [0.3, 0.4) is 0 Å². The number of hydrogen-bond acceptors (Lipinski definition) is 4. The lowest BCUT2D eigenvalue weighted by Crippen LogP contribution is -2.50. The first-order valence-electron chi connectivity index (χ1n) is 10.1. The van der Waals surface area contributed by atoms with Crippen LogP contribution in [0.4, 0.5) is 0 Å². The number of rotatable bonds is 7. The number of likely N-dealkylation sites (tertiary alicyclic amines) is 1. The summed E-state index contributed by atoms with van der Waals surface area (Å²) < 4.78 is 5.56. The largest absolute Gasteiger partial charge is 0.379 e. The first-order valence-corrected chi connectivity index (χ1v) is 10.1. The normalized spacial score (nSPS) is 25.9. The highest BCUT2D eigenvalue weighted by molar-refractivity contribution is 5.94. The quantitative estimate of drug-likeness (QED) is 0.765. The Hall–Kier alpha value is -1.92. The van der Waals surface area contributed by atoms with Crippen molar-refractivity contribution in [1.29, 1.82) is 0 Å². The molecule has 6 heteroatoms. The van der Waals surface area contributed by atoms with Gasteiger partial charge in [-0.3, -0.25) is 9.59 Å². The van der Waals surface area contributed by atoms with Gasteiger partial charge in [-0.1, -0.05) is 18.2 Å². The highest BCUT2D eigenvalue weighted by Gasteiger charge is 2.35. The summed E-state index contributed by atoms with van der Waals surface area (Å²) in [5.41, 5.74) is 0.629. The second-order valence-electron chi connectivity index (χ2n) is 7.57. The molecule has 1 saturated carbocycles. The van der Waals surface area contributed by atoms with Crippen LogP contribution < -0.4 is 10.6 Å². The van der Waals surface area contributed by atoms with Crippen molar-refractivity contribution in [3.8, 4) is 0 Å². The fraction of sp³-hybridized carbons (Fsp3) is 0.619. The summed E-state index contributed by atoms with van der Waals surface area (Å²) in [5, 5.41) is 6.15. The summed E-state index contributed by atoms with van der Waals surface area (Å²) in [6.07, 6.45) is 4.67. The van der Waals surface area contributed by atoms with E-state index < -0.39 is 0 Å². The van der Waals surface area contributed by atoms with Crippen LogP contribution in [-0.2, 0) is 9.53 Å². The zero-order valence-corrected chi connectivity index (χ0v) is 16.2. The van der Waals surface area contributed by atoms with Gasteiger partial charge in [0.1, 0.15) is 0 Å². The average molecular weight is 373 g/mol. The monoisotopic (exact) mass is 373 g/mol. The molecule has 1 aromatic carbocycles. The van der Waals surface area contributed by atoms with E-state index in [4.69, 9.17) is 4.74 Å². The van der Waals surface area contributed by atoms with Crippen LogP contribution in [0.25, 0.3) is 0 Å². The summed E-state index contributed by atoms with van der Waals surface area (Å²) in [4.78, 5) is 27.5. The first kappa shape index (κ1) is 19.8. The van der Waals surface area contributed by atoms with Gasteiger partial charge in [-0.15, -0.1) is 0 Å². The number of nitrogens with one attached hydrogen (secondary N) is 2. The molecule has 1 saturated heterocycles. The van der Waals surface area contributed by atoms with E-state index in [0.717, 1.165) is 32.5 Å². The SMILES string of the molecule is CO[C@@H]1CC[C@H](C(=O)NCCN2CCCC2)C[C@H]1NC(=O)c1ccccc1. The summed E-state index contributed by atoms with van der Waals surface area (Å²) in [6.45, 7) is 3.90. The Morgan fingerprint density at radius 1 is 1.15 bits per heavy atom. The highest BCUT2D eigenvalue weighted by Crippen LogP contribution is 2.27. The van der Waals surface area contributed by atoms with Crippen LogP contribution in [0.15, 0.2) is 30.3 Å². The smallest absolute Gasteiger partial charge is 0.251 e. The highest BCUT2D eigenvalue weighted by atomic mass is 16.5. The molecule has 1 aliphatic heterocycles. The number of ether oxygens (including phenoxy) is 1. The van der Waals surface area contributed by atoms with Gasteiger partial charge in [0.2, 0.25) is 5.91 Å². The van der Waals surface area contributed by atoms with Gasteiger partial charge in [0.25, 0.3) is 5.91 Å². The fourth-order valence-corrected chi connectivity index (χ4v) is 4.14. The lowest BCUT2D eigenvalue weighted by Gasteiger charge is -2.35. The van der Waals surface area contributed by atoms with Gasteiger partial charge in [0.15, 0.2) is 0 Å². The second-order valence-corrected chi connectivity index (χ2v) is 7.57. The molecular weight excluding hydrogens is 342 g/mol. The van der Waals surface area contributed by atoms with E-state index in [1.54, 1.807) is 19.2 Å². The Labute approximate surface area is 161 Å². The van der Waals surface area contributed by atoms with Crippen LogP contribution in [0.2, 0.25) is 0 Å². The van der Waals surface area contributed by atoms with Gasteiger partial charge in [0.05, 0.1) is 12.1 Å². The lowest BCUT2D eigenvalue weighted by atomic mass is 9.83. The van der Waals surface area contributed by atoms with E-state index in [1.165, 1.54) is 12.8 Å². The number of methoxy groups -OCH3 is 1. The number of carbonyl (C=O) groups is 2. The van der Waals surface area contributed by atoms with E-state index >= 15 is 0 Å². The Morgan fingerprint density at radius 2 is 1.89 bits per heavy atom. The Balaban J connectivity index is 1.50. The molecule has 0 aromatic heterocycles. The predicted molar refractivity (Wildman–Crippen MR) is 105 cm³/mol. The molecule has 1 aromatic rings. The molecule has 1 aliphatic carbocycles. The third-order valence-corrected chi connectivity index (χ3v) is 5.74. The van der Waals surface area contributed by atoms with Gasteiger partial charge >= 0.3 is 0 Å². The number of hydrogen-bond donors (Lipinski definition) is 2. The molecule has 2 N–H and O–H groups in total. The number of nitrogens with zero attached hydrogens (tertiary/aromatic N) is 1. The average Bonchev–Trinajstić information content (AvgIpc) is 3.22. The number of carbonyl (C=O) groups excluding carboxylic acids is 2. The maximum atomic E-state index is 12.6. The van der Waals surface area contributed by atoms with E-state index in [0.29, 0.717) is 18.5 Å². The summed E-state index contributed by atoms with van der Waals surface area (Å²) in [5.74, 6) is -0.0866. The van der Waals surface area contributed by atoms with E-state index in [2.05, 4.69) is 15.5 Å². The zero-order chi connectivity index (χ0) is 19.1. The molecule has 3 rings (SSSR count). The van der Waals surface area contributed by atoms with Crippen LogP contribution in [0, 0.1) is 5.92 Å². The van der Waals surface area contributed by atoms with Crippen molar-refractivity contribution in [3.63, 3.8) is 0 Å². The van der Waals surface area contributed by atoms with E-state index in [1.807, 2.05) is 18.2 Å². The van der Waals surface area contributed by atoms with Gasteiger partial charge in [0, 0.05) is 31.7 Å². The van der Waals surface area contributed by atoms with E-state index in [-0.39, 0.29) is 29.9 Å². The molecule has 0 bridgehead atoms. The summed E-state index contributed by atoms with van der Waals surface area (Å²) in [7, 11) is 1.67. The van der Waals surface area contributed by atoms with Gasteiger partial charge < -0.3 is 20.3 Å². The molecular formula is C21H31N3O3. The lowest BCUT2D eigenvalue weighted by molar-refractivity contribution is -0.127. The summed E-state index contributed by atoms with van der Waals surface area (Å²) in [6, 6.07) is 9.02. The predicted octanol–water partition coefficient (Wildman–Crippen LogP) is 1.81. The van der Waals surface area contributed by atoms with Crippen molar-refractivity contribution in [2.75, 3.05) is 33.3 Å². The van der Waals surface area contributed by atoms with E-state index in [9.17, 15) is 9.59 Å². The van der Waals surface area contributed by atoms with Crippen LogP contribution in [0.1, 0.15) is 42.5 Å². The summed E-state index contributed by atoms with van der Waals surface area (Å²) >= 11 is 0. The molecule has 0 radical (unpaired) electrons. The number of amides is 2. The molecule has 0 unspecified atom stereocenters. The Kier molecular flexibility index (Phi) is 7.24. The molecule has 27 heavy (non-hydrogen) atoms. The van der Waals surface area contributed by atoms with Crippen LogP contribution >= 0.6 is 0 Å².